The summed E-state index contributed by atoms with van der Waals surface area (Å²) >= 11 is 0. The van der Waals surface area contributed by atoms with Crippen molar-refractivity contribution in [3.8, 4) is 0 Å². The zero-order valence-electron chi connectivity index (χ0n) is 12.5. The number of H-pyrrole nitrogens is 2. The maximum absolute atomic E-state index is 11.2. The summed E-state index contributed by atoms with van der Waals surface area (Å²) in [5, 5.41) is 3.50. The Bertz CT molecular complexity index is 585. The lowest BCUT2D eigenvalue weighted by atomic mass is 10.1. The Balaban J connectivity index is 1.83. The molecule has 2 aromatic rings. The van der Waals surface area contributed by atoms with Gasteiger partial charge in [0.05, 0.1) is 11.0 Å². The molecule has 0 aliphatic heterocycles. The number of nitrogens with one attached hydrogen (secondary N) is 3. The molecule has 0 aliphatic carbocycles. The minimum Gasteiger partial charge on any atom is -0.383 e. The summed E-state index contributed by atoms with van der Waals surface area (Å²) in [5.74, 6) is 0. The number of hydrogen-bond acceptors (Lipinski definition) is 2. The summed E-state index contributed by atoms with van der Waals surface area (Å²) in [7, 11) is 0. The van der Waals surface area contributed by atoms with Crippen molar-refractivity contribution in [2.45, 2.75) is 58.4 Å². The summed E-state index contributed by atoms with van der Waals surface area (Å²) < 4.78 is 0. The number of hydrogen-bond donors (Lipinski definition) is 3. The Morgan fingerprint density at radius 2 is 1.85 bits per heavy atom. The predicted molar refractivity (Wildman–Crippen MR) is 85.4 cm³/mol. The average molecular weight is 275 g/mol. The minimum absolute atomic E-state index is 0.152. The molecule has 4 heteroatoms. The molecule has 1 aromatic heterocycles. The first-order chi connectivity index (χ1) is 9.69. The van der Waals surface area contributed by atoms with Gasteiger partial charge in [0.15, 0.2) is 0 Å². The van der Waals surface area contributed by atoms with Gasteiger partial charge in [-0.1, -0.05) is 39.0 Å². The Morgan fingerprint density at radius 3 is 2.65 bits per heavy atom. The molecule has 0 fully saturated rings. The van der Waals surface area contributed by atoms with Gasteiger partial charge in [-0.15, -0.1) is 0 Å². The van der Waals surface area contributed by atoms with Crippen LogP contribution in [0.2, 0.25) is 0 Å². The lowest BCUT2D eigenvalue weighted by molar-refractivity contribution is 0.578. The zero-order chi connectivity index (χ0) is 14.4. The lowest BCUT2D eigenvalue weighted by Gasteiger charge is -2.15. The van der Waals surface area contributed by atoms with Crippen molar-refractivity contribution in [2.75, 3.05) is 5.32 Å². The van der Waals surface area contributed by atoms with Crippen LogP contribution >= 0.6 is 0 Å². The standard InChI is InChI=1S/C16H25N3O/c1-3-4-5-6-7-8-12(2)17-13-9-10-14-15(11-13)19-16(20)18-14/h9-12,17H,3-8H2,1-2H3,(H2,18,19,20). The van der Waals surface area contributed by atoms with Crippen LogP contribution in [0.5, 0.6) is 0 Å². The molecule has 0 bridgehead atoms. The predicted octanol–water partition coefficient (Wildman–Crippen LogP) is 4.02. The molecule has 1 unspecified atom stereocenters. The molecule has 20 heavy (non-hydrogen) atoms. The fourth-order valence-corrected chi connectivity index (χ4v) is 2.53. The zero-order valence-corrected chi connectivity index (χ0v) is 12.5. The molecule has 110 valence electrons. The summed E-state index contributed by atoms with van der Waals surface area (Å²) in [6.07, 6.45) is 7.77. The van der Waals surface area contributed by atoms with Crippen molar-refractivity contribution in [3.63, 3.8) is 0 Å². The summed E-state index contributed by atoms with van der Waals surface area (Å²) in [6.45, 7) is 4.45. The number of fused-ring (bicyclic) bond motifs is 1. The second-order valence-corrected chi connectivity index (χ2v) is 5.59. The Labute approximate surface area is 120 Å². The molecule has 0 spiro atoms. The van der Waals surface area contributed by atoms with Gasteiger partial charge in [-0.05, 0) is 31.5 Å². The number of imidazole rings is 1. The van der Waals surface area contributed by atoms with E-state index in [0.29, 0.717) is 6.04 Å². The first kappa shape index (κ1) is 14.7. The molecular weight excluding hydrogens is 250 g/mol. The van der Waals surface area contributed by atoms with Crippen LogP contribution in [0.25, 0.3) is 11.0 Å². The molecule has 0 radical (unpaired) electrons. The second-order valence-electron chi connectivity index (χ2n) is 5.59. The van der Waals surface area contributed by atoms with Crippen molar-refractivity contribution in [2.24, 2.45) is 0 Å². The van der Waals surface area contributed by atoms with Gasteiger partial charge in [0, 0.05) is 11.7 Å². The smallest absolute Gasteiger partial charge is 0.323 e. The Hall–Kier alpha value is -1.71. The van der Waals surface area contributed by atoms with Gasteiger partial charge in [-0.3, -0.25) is 0 Å². The molecule has 4 nitrogen and oxygen atoms in total. The topological polar surface area (TPSA) is 60.7 Å². The van der Waals surface area contributed by atoms with E-state index in [9.17, 15) is 4.79 Å². The molecule has 3 N–H and O–H groups in total. The second kappa shape index (κ2) is 7.17. The quantitative estimate of drug-likeness (QED) is 0.637. The molecule has 1 aromatic carbocycles. The fourth-order valence-electron chi connectivity index (χ4n) is 2.53. The van der Waals surface area contributed by atoms with Crippen LogP contribution in [0.15, 0.2) is 23.0 Å². The highest BCUT2D eigenvalue weighted by Crippen LogP contribution is 2.17. The van der Waals surface area contributed by atoms with Crippen molar-refractivity contribution >= 4 is 16.7 Å². The number of aromatic amines is 2. The van der Waals surface area contributed by atoms with Gasteiger partial charge >= 0.3 is 5.69 Å². The van der Waals surface area contributed by atoms with E-state index >= 15 is 0 Å². The average Bonchev–Trinajstić information content (AvgIpc) is 2.78. The highest BCUT2D eigenvalue weighted by Gasteiger charge is 2.04. The normalized spacial score (nSPS) is 12.7. The van der Waals surface area contributed by atoms with Gasteiger partial charge in [0.1, 0.15) is 0 Å². The van der Waals surface area contributed by atoms with Gasteiger partial charge in [-0.2, -0.15) is 0 Å². The molecular formula is C16H25N3O. The Kier molecular flexibility index (Phi) is 5.27. The van der Waals surface area contributed by atoms with Gasteiger partial charge < -0.3 is 15.3 Å². The maximum Gasteiger partial charge on any atom is 0.323 e. The summed E-state index contributed by atoms with van der Waals surface area (Å²) in [6, 6.07) is 6.39. The van der Waals surface area contributed by atoms with Crippen molar-refractivity contribution in [1.82, 2.24) is 9.97 Å². The van der Waals surface area contributed by atoms with Crippen LogP contribution in [0.3, 0.4) is 0 Å². The Morgan fingerprint density at radius 1 is 1.10 bits per heavy atom. The maximum atomic E-state index is 11.2. The van der Waals surface area contributed by atoms with E-state index in [1.54, 1.807) is 0 Å². The monoisotopic (exact) mass is 275 g/mol. The van der Waals surface area contributed by atoms with Crippen molar-refractivity contribution in [1.29, 1.82) is 0 Å². The van der Waals surface area contributed by atoms with Crippen LogP contribution in [0.1, 0.15) is 52.4 Å². The number of aromatic nitrogens is 2. The van der Waals surface area contributed by atoms with E-state index in [1.165, 1.54) is 38.5 Å². The summed E-state index contributed by atoms with van der Waals surface area (Å²) in [4.78, 5) is 16.8. The molecule has 2 rings (SSSR count). The highest BCUT2D eigenvalue weighted by molar-refractivity contribution is 5.78. The van der Waals surface area contributed by atoms with E-state index in [4.69, 9.17) is 0 Å². The number of benzene rings is 1. The van der Waals surface area contributed by atoms with E-state index in [-0.39, 0.29) is 5.69 Å². The van der Waals surface area contributed by atoms with Crippen LogP contribution < -0.4 is 11.0 Å². The van der Waals surface area contributed by atoms with Crippen LogP contribution in [0, 0.1) is 0 Å². The molecule has 1 atom stereocenters. The SMILES string of the molecule is CCCCCCCC(C)Nc1ccc2[nH]c(=O)[nH]c2c1. The van der Waals surface area contributed by atoms with Gasteiger partial charge in [-0.25, -0.2) is 4.79 Å². The molecule has 0 saturated carbocycles. The van der Waals surface area contributed by atoms with E-state index in [1.807, 2.05) is 18.2 Å². The first-order valence-electron chi connectivity index (χ1n) is 7.67. The van der Waals surface area contributed by atoms with Crippen molar-refractivity contribution in [3.05, 3.63) is 28.7 Å². The first-order valence-corrected chi connectivity index (χ1v) is 7.67. The van der Waals surface area contributed by atoms with Crippen LogP contribution in [0.4, 0.5) is 5.69 Å². The lowest BCUT2D eigenvalue weighted by Crippen LogP contribution is -2.14. The third kappa shape index (κ3) is 4.15. The number of unbranched alkanes of at least 4 members (excludes halogenated alkanes) is 4. The number of anilines is 1. The van der Waals surface area contributed by atoms with E-state index in [2.05, 4.69) is 29.1 Å². The third-order valence-electron chi connectivity index (χ3n) is 3.67. The third-order valence-corrected chi connectivity index (χ3v) is 3.67. The van der Waals surface area contributed by atoms with Gasteiger partial charge in [0.2, 0.25) is 0 Å². The van der Waals surface area contributed by atoms with Crippen molar-refractivity contribution < 1.29 is 0 Å². The van der Waals surface area contributed by atoms with Crippen LogP contribution in [-0.4, -0.2) is 16.0 Å². The van der Waals surface area contributed by atoms with E-state index < -0.39 is 0 Å². The van der Waals surface area contributed by atoms with Gasteiger partial charge in [0.25, 0.3) is 0 Å². The van der Waals surface area contributed by atoms with Crippen LogP contribution in [-0.2, 0) is 0 Å². The molecule has 0 saturated heterocycles. The van der Waals surface area contributed by atoms with E-state index in [0.717, 1.165) is 16.7 Å². The largest absolute Gasteiger partial charge is 0.383 e. The molecule has 0 amide bonds. The highest BCUT2D eigenvalue weighted by atomic mass is 16.1. The fraction of sp³-hybridized carbons (Fsp3) is 0.562. The molecule has 0 aliphatic rings. The summed E-state index contributed by atoms with van der Waals surface area (Å²) in [5.41, 5.74) is 2.62. The number of rotatable bonds is 8. The minimum atomic E-state index is -0.152. The molecule has 1 heterocycles.